The molecule has 122 valence electrons. The first kappa shape index (κ1) is 16.9. The van der Waals surface area contributed by atoms with Gasteiger partial charge in [-0.25, -0.2) is 4.79 Å². The van der Waals surface area contributed by atoms with Gasteiger partial charge in [0, 0.05) is 6.61 Å². The number of ether oxygens (including phenoxy) is 2. The average Bonchev–Trinajstić information content (AvgIpc) is 2.98. The first-order valence-electron chi connectivity index (χ1n) is 7.19. The van der Waals surface area contributed by atoms with Crippen LogP contribution in [0.5, 0.6) is 0 Å². The van der Waals surface area contributed by atoms with E-state index in [0.29, 0.717) is 12.2 Å². The summed E-state index contributed by atoms with van der Waals surface area (Å²) in [4.78, 5) is 11.8. The highest BCUT2D eigenvalue weighted by molar-refractivity contribution is 7.85. The Morgan fingerprint density at radius 3 is 2.73 bits per heavy atom. The van der Waals surface area contributed by atoms with E-state index in [9.17, 15) is 13.2 Å². The largest absolute Gasteiger partial charge is 0.461 e. The van der Waals surface area contributed by atoms with Crippen LogP contribution in [0.2, 0.25) is 0 Å². The molecular weight excluding hydrogens is 308 g/mol. The van der Waals surface area contributed by atoms with Gasteiger partial charge in [0.15, 0.2) is 6.10 Å². The van der Waals surface area contributed by atoms with E-state index in [4.69, 9.17) is 13.7 Å². The molecule has 2 rings (SSSR count). The highest BCUT2D eigenvalue weighted by Gasteiger charge is 2.25. The van der Waals surface area contributed by atoms with E-state index in [-0.39, 0.29) is 18.5 Å². The number of carbonyl (C=O) groups excluding carboxylic acids is 1. The SMILES string of the molecule is CC(OS(=O)(=O)Cc1ccccc1)C(=O)OC[C@@H]1CCCO1. The van der Waals surface area contributed by atoms with Gasteiger partial charge in [-0.2, -0.15) is 8.42 Å². The van der Waals surface area contributed by atoms with Gasteiger partial charge in [-0.1, -0.05) is 30.3 Å². The second kappa shape index (κ2) is 7.71. The Hall–Kier alpha value is -1.44. The highest BCUT2D eigenvalue weighted by atomic mass is 32.2. The standard InChI is InChI=1S/C15H20O6S/c1-12(15(16)20-10-14-8-5-9-19-14)21-22(17,18)11-13-6-3-2-4-7-13/h2-4,6-7,12,14H,5,8-11H2,1H3/t12?,14-/m0/s1. The van der Waals surface area contributed by atoms with E-state index in [1.54, 1.807) is 30.3 Å². The molecule has 1 saturated heterocycles. The van der Waals surface area contributed by atoms with Crippen LogP contribution in [0.3, 0.4) is 0 Å². The van der Waals surface area contributed by atoms with Crippen LogP contribution in [-0.4, -0.2) is 39.8 Å². The van der Waals surface area contributed by atoms with Crippen LogP contribution in [-0.2, 0) is 34.3 Å². The predicted octanol–water partition coefficient (Wildman–Crippen LogP) is 1.64. The molecule has 0 N–H and O–H groups in total. The summed E-state index contributed by atoms with van der Waals surface area (Å²) >= 11 is 0. The van der Waals surface area contributed by atoms with E-state index in [1.807, 2.05) is 0 Å². The van der Waals surface area contributed by atoms with Crippen LogP contribution in [0, 0.1) is 0 Å². The third-order valence-corrected chi connectivity index (χ3v) is 4.51. The summed E-state index contributed by atoms with van der Waals surface area (Å²) in [6.45, 7) is 2.16. The zero-order valence-corrected chi connectivity index (χ0v) is 13.3. The van der Waals surface area contributed by atoms with Crippen LogP contribution < -0.4 is 0 Å². The molecule has 1 fully saturated rings. The molecule has 2 atom stereocenters. The lowest BCUT2D eigenvalue weighted by Gasteiger charge is -2.14. The van der Waals surface area contributed by atoms with Gasteiger partial charge in [-0.3, -0.25) is 4.18 Å². The van der Waals surface area contributed by atoms with E-state index < -0.39 is 22.2 Å². The van der Waals surface area contributed by atoms with Gasteiger partial charge in [0.1, 0.15) is 12.4 Å². The molecular formula is C15H20O6S. The molecule has 0 aromatic heterocycles. The number of benzene rings is 1. The second-order valence-corrected chi connectivity index (χ2v) is 6.79. The van der Waals surface area contributed by atoms with Crippen LogP contribution >= 0.6 is 0 Å². The number of esters is 1. The molecule has 0 spiro atoms. The van der Waals surface area contributed by atoms with Gasteiger partial charge in [-0.15, -0.1) is 0 Å². The van der Waals surface area contributed by atoms with Crippen molar-refractivity contribution in [1.29, 1.82) is 0 Å². The molecule has 1 unspecified atom stereocenters. The van der Waals surface area contributed by atoms with E-state index in [0.717, 1.165) is 12.8 Å². The summed E-state index contributed by atoms with van der Waals surface area (Å²) in [7, 11) is -3.85. The van der Waals surface area contributed by atoms with Crippen LogP contribution in [0.4, 0.5) is 0 Å². The van der Waals surface area contributed by atoms with Gasteiger partial charge in [0.25, 0.3) is 10.1 Å². The van der Waals surface area contributed by atoms with Crippen molar-refractivity contribution >= 4 is 16.1 Å². The number of rotatable bonds is 7. The molecule has 7 heteroatoms. The van der Waals surface area contributed by atoms with Crippen molar-refractivity contribution in [2.24, 2.45) is 0 Å². The predicted molar refractivity (Wildman–Crippen MR) is 79.5 cm³/mol. The minimum Gasteiger partial charge on any atom is -0.461 e. The molecule has 1 aliphatic rings. The highest BCUT2D eigenvalue weighted by Crippen LogP contribution is 2.14. The van der Waals surface area contributed by atoms with Gasteiger partial charge in [0.2, 0.25) is 0 Å². The van der Waals surface area contributed by atoms with Crippen molar-refractivity contribution in [3.63, 3.8) is 0 Å². The number of hydrogen-bond acceptors (Lipinski definition) is 6. The summed E-state index contributed by atoms with van der Waals surface area (Å²) in [5, 5.41) is 0. The molecule has 0 amide bonds. The Bertz CT molecular complexity index is 577. The lowest BCUT2D eigenvalue weighted by molar-refractivity contribution is -0.154. The maximum atomic E-state index is 11.9. The number of carbonyl (C=O) groups is 1. The Morgan fingerprint density at radius 1 is 1.36 bits per heavy atom. The fraction of sp³-hybridized carbons (Fsp3) is 0.533. The summed E-state index contributed by atoms with van der Waals surface area (Å²) in [5.41, 5.74) is 0.599. The van der Waals surface area contributed by atoms with E-state index in [1.165, 1.54) is 6.92 Å². The van der Waals surface area contributed by atoms with Crippen molar-refractivity contribution in [3.05, 3.63) is 35.9 Å². The molecule has 1 aliphatic heterocycles. The maximum absolute atomic E-state index is 11.9. The zero-order chi connectivity index (χ0) is 16.0. The van der Waals surface area contributed by atoms with E-state index >= 15 is 0 Å². The third-order valence-electron chi connectivity index (χ3n) is 3.24. The molecule has 22 heavy (non-hydrogen) atoms. The molecule has 0 bridgehead atoms. The van der Waals surface area contributed by atoms with Gasteiger partial charge in [0.05, 0.1) is 6.10 Å². The summed E-state index contributed by atoms with van der Waals surface area (Å²) in [5.74, 6) is -0.982. The van der Waals surface area contributed by atoms with E-state index in [2.05, 4.69) is 0 Å². The van der Waals surface area contributed by atoms with Crippen molar-refractivity contribution in [2.45, 2.75) is 37.7 Å². The Kier molecular flexibility index (Phi) is 5.93. The molecule has 1 aromatic carbocycles. The lowest BCUT2D eigenvalue weighted by Crippen LogP contribution is -2.29. The Balaban J connectivity index is 1.81. The monoisotopic (exact) mass is 328 g/mol. The van der Waals surface area contributed by atoms with Crippen molar-refractivity contribution in [3.8, 4) is 0 Å². The first-order valence-corrected chi connectivity index (χ1v) is 8.77. The van der Waals surface area contributed by atoms with Crippen LogP contribution in [0.25, 0.3) is 0 Å². The topological polar surface area (TPSA) is 78.9 Å². The summed E-state index contributed by atoms with van der Waals surface area (Å²) in [6, 6.07) is 8.64. The van der Waals surface area contributed by atoms with Gasteiger partial charge >= 0.3 is 5.97 Å². The van der Waals surface area contributed by atoms with Crippen molar-refractivity contribution < 1.29 is 26.9 Å². The lowest BCUT2D eigenvalue weighted by atomic mass is 10.2. The smallest absolute Gasteiger partial charge is 0.336 e. The fourth-order valence-electron chi connectivity index (χ4n) is 2.14. The normalized spacial score (nSPS) is 19.8. The van der Waals surface area contributed by atoms with Crippen molar-refractivity contribution in [2.75, 3.05) is 13.2 Å². The first-order chi connectivity index (χ1) is 10.5. The summed E-state index contributed by atoms with van der Waals surface area (Å²) in [6.07, 6.45) is 0.515. The molecule has 0 aliphatic carbocycles. The minimum atomic E-state index is -3.85. The second-order valence-electron chi connectivity index (χ2n) is 5.19. The Labute approximate surface area is 130 Å². The molecule has 6 nitrogen and oxygen atoms in total. The average molecular weight is 328 g/mol. The van der Waals surface area contributed by atoms with Gasteiger partial charge in [-0.05, 0) is 25.3 Å². The fourth-order valence-corrected chi connectivity index (χ4v) is 3.33. The summed E-state index contributed by atoms with van der Waals surface area (Å²) < 4.78 is 39.1. The van der Waals surface area contributed by atoms with Crippen LogP contribution in [0.15, 0.2) is 30.3 Å². The van der Waals surface area contributed by atoms with Crippen molar-refractivity contribution in [1.82, 2.24) is 0 Å². The quantitative estimate of drug-likeness (QED) is 0.559. The van der Waals surface area contributed by atoms with Gasteiger partial charge < -0.3 is 9.47 Å². The maximum Gasteiger partial charge on any atom is 0.336 e. The minimum absolute atomic E-state index is 0.0999. The molecule has 0 saturated carbocycles. The zero-order valence-electron chi connectivity index (χ0n) is 12.4. The third kappa shape index (κ3) is 5.40. The Morgan fingerprint density at radius 2 is 2.09 bits per heavy atom. The molecule has 1 heterocycles. The van der Waals surface area contributed by atoms with Crippen LogP contribution in [0.1, 0.15) is 25.3 Å². The molecule has 0 radical (unpaired) electrons. The molecule has 1 aromatic rings. The number of hydrogen-bond donors (Lipinski definition) is 0.